The van der Waals surface area contributed by atoms with Crippen molar-refractivity contribution >= 4 is 0 Å². The van der Waals surface area contributed by atoms with Crippen LogP contribution in [-0.4, -0.2) is 37.7 Å². The summed E-state index contributed by atoms with van der Waals surface area (Å²) in [6, 6.07) is 3.75. The molecule has 0 spiro atoms. The molecule has 0 bridgehead atoms. The van der Waals surface area contributed by atoms with E-state index < -0.39 is 0 Å². The van der Waals surface area contributed by atoms with Crippen LogP contribution in [0, 0.1) is 28.6 Å². The molecule has 182 valence electrons. The lowest BCUT2D eigenvalue weighted by Crippen LogP contribution is -2.62. The Labute approximate surface area is 199 Å². The zero-order chi connectivity index (χ0) is 23.1. The number of methoxy groups -OCH3 is 1. The van der Waals surface area contributed by atoms with Crippen molar-refractivity contribution in [3.8, 4) is 11.6 Å². The number of fused-ring (bicyclic) bond motifs is 3. The normalized spacial score (nSPS) is 39.1. The molecule has 4 fully saturated rings. The van der Waals surface area contributed by atoms with Crippen LogP contribution in [0.4, 0.5) is 0 Å². The molecule has 0 amide bonds. The fourth-order valence-electron chi connectivity index (χ4n) is 7.75. The van der Waals surface area contributed by atoms with Crippen molar-refractivity contribution in [1.82, 2.24) is 4.98 Å². The molecule has 1 unspecified atom stereocenters. The van der Waals surface area contributed by atoms with E-state index in [-0.39, 0.29) is 17.1 Å². The standard InChI is InChI=1S/C28H41NO4/c1-19-9-10-23-27(2,22(19)13-16-31-21-12-15-29-25(17-21)30-4)14-11-24-28(23,3)18-32-26(33-24)20-7-5-6-8-20/h12,15,17,20,22-24,26H,1,5-11,13-14,16,18H2,2-4H3/t22-,23?,24-,26-,27+,28+/m1/s1. The van der Waals surface area contributed by atoms with Crippen LogP contribution in [0.15, 0.2) is 30.5 Å². The van der Waals surface area contributed by atoms with Crippen LogP contribution in [0.1, 0.15) is 71.6 Å². The first-order valence-electron chi connectivity index (χ1n) is 13.0. The number of ether oxygens (including phenoxy) is 4. The van der Waals surface area contributed by atoms with E-state index in [9.17, 15) is 0 Å². The van der Waals surface area contributed by atoms with Crippen molar-refractivity contribution in [1.29, 1.82) is 0 Å². The third-order valence-electron chi connectivity index (χ3n) is 9.55. The van der Waals surface area contributed by atoms with Crippen LogP contribution in [-0.2, 0) is 9.47 Å². The minimum absolute atomic E-state index is 0.0232. The Balaban J connectivity index is 1.27. The predicted octanol–water partition coefficient (Wildman–Crippen LogP) is 6.18. The maximum Gasteiger partial charge on any atom is 0.216 e. The summed E-state index contributed by atoms with van der Waals surface area (Å²) >= 11 is 0. The molecule has 0 aromatic carbocycles. The van der Waals surface area contributed by atoms with Gasteiger partial charge in [0.2, 0.25) is 5.88 Å². The maximum atomic E-state index is 6.71. The summed E-state index contributed by atoms with van der Waals surface area (Å²) in [6.07, 6.45) is 12.9. The van der Waals surface area contributed by atoms with Gasteiger partial charge < -0.3 is 18.9 Å². The van der Waals surface area contributed by atoms with Gasteiger partial charge in [0.15, 0.2) is 6.29 Å². The molecule has 2 heterocycles. The Morgan fingerprint density at radius 3 is 2.76 bits per heavy atom. The van der Waals surface area contributed by atoms with E-state index in [0.29, 0.717) is 36.3 Å². The highest BCUT2D eigenvalue weighted by Gasteiger charge is 2.60. The van der Waals surface area contributed by atoms with Crippen LogP contribution in [0.2, 0.25) is 0 Å². The third kappa shape index (κ3) is 4.20. The first kappa shape index (κ1) is 23.2. The Hall–Kier alpha value is -1.59. The van der Waals surface area contributed by atoms with E-state index in [2.05, 4.69) is 25.4 Å². The highest BCUT2D eigenvalue weighted by Crippen LogP contribution is 2.63. The predicted molar refractivity (Wildman–Crippen MR) is 128 cm³/mol. The molecule has 5 rings (SSSR count). The molecule has 0 radical (unpaired) electrons. The van der Waals surface area contributed by atoms with Crippen LogP contribution < -0.4 is 9.47 Å². The summed E-state index contributed by atoms with van der Waals surface area (Å²) in [5, 5.41) is 0. The first-order chi connectivity index (χ1) is 15.9. The number of aromatic nitrogens is 1. The van der Waals surface area contributed by atoms with Gasteiger partial charge in [0.05, 0.1) is 26.4 Å². The highest BCUT2D eigenvalue weighted by molar-refractivity contribution is 5.26. The van der Waals surface area contributed by atoms with Crippen molar-refractivity contribution in [2.45, 2.75) is 84.0 Å². The van der Waals surface area contributed by atoms with Gasteiger partial charge in [-0.2, -0.15) is 0 Å². The van der Waals surface area contributed by atoms with Crippen molar-refractivity contribution < 1.29 is 18.9 Å². The number of allylic oxidation sites excluding steroid dienone is 1. The quantitative estimate of drug-likeness (QED) is 0.480. The lowest BCUT2D eigenvalue weighted by molar-refractivity contribution is -0.316. The van der Waals surface area contributed by atoms with Gasteiger partial charge in [0.25, 0.3) is 0 Å². The van der Waals surface area contributed by atoms with Crippen LogP contribution in [0.5, 0.6) is 11.6 Å². The summed E-state index contributed by atoms with van der Waals surface area (Å²) in [5.41, 5.74) is 1.70. The lowest BCUT2D eigenvalue weighted by atomic mass is 9.46. The van der Waals surface area contributed by atoms with Crippen LogP contribution in [0.3, 0.4) is 0 Å². The Bertz CT molecular complexity index is 852. The molecule has 1 saturated heterocycles. The molecule has 3 aliphatic carbocycles. The molecule has 1 aliphatic heterocycles. The number of hydrogen-bond acceptors (Lipinski definition) is 5. The van der Waals surface area contributed by atoms with Crippen molar-refractivity contribution in [2.75, 3.05) is 20.3 Å². The summed E-state index contributed by atoms with van der Waals surface area (Å²) in [5.74, 6) is 3.05. The van der Waals surface area contributed by atoms with E-state index in [1.54, 1.807) is 13.3 Å². The summed E-state index contributed by atoms with van der Waals surface area (Å²) < 4.78 is 24.5. The third-order valence-corrected chi connectivity index (χ3v) is 9.55. The SMILES string of the molecule is C=C1CCC2[C@]3(C)CO[C@@H](C4CCCC4)O[C@@H]3CC[C@@]2(C)[C@@H]1CCOc1ccnc(OC)c1. The monoisotopic (exact) mass is 455 g/mol. The van der Waals surface area contributed by atoms with Crippen LogP contribution >= 0.6 is 0 Å². The van der Waals surface area contributed by atoms with E-state index in [1.165, 1.54) is 44.1 Å². The largest absolute Gasteiger partial charge is 0.493 e. The zero-order valence-electron chi connectivity index (χ0n) is 20.7. The fraction of sp³-hybridized carbons (Fsp3) is 0.750. The maximum absolute atomic E-state index is 6.71. The molecule has 0 N–H and O–H groups in total. The first-order valence-corrected chi connectivity index (χ1v) is 13.0. The average Bonchev–Trinajstić information content (AvgIpc) is 3.35. The summed E-state index contributed by atoms with van der Waals surface area (Å²) in [4.78, 5) is 4.17. The molecule has 3 saturated carbocycles. The van der Waals surface area contributed by atoms with Crippen LogP contribution in [0.25, 0.3) is 0 Å². The second-order valence-electron chi connectivity index (χ2n) is 11.4. The average molecular weight is 456 g/mol. The molecular weight excluding hydrogens is 414 g/mol. The minimum atomic E-state index is 0.0232. The van der Waals surface area contributed by atoms with Crippen molar-refractivity contribution in [3.05, 3.63) is 30.5 Å². The van der Waals surface area contributed by atoms with Gasteiger partial charge in [-0.3, -0.25) is 0 Å². The molecule has 5 nitrogen and oxygen atoms in total. The van der Waals surface area contributed by atoms with Gasteiger partial charge >= 0.3 is 0 Å². The molecule has 33 heavy (non-hydrogen) atoms. The Morgan fingerprint density at radius 2 is 1.97 bits per heavy atom. The van der Waals surface area contributed by atoms with Gasteiger partial charge in [-0.05, 0) is 68.3 Å². The second kappa shape index (κ2) is 9.22. The summed E-state index contributed by atoms with van der Waals surface area (Å²) in [6.45, 7) is 11.0. The second-order valence-corrected chi connectivity index (χ2v) is 11.4. The smallest absolute Gasteiger partial charge is 0.216 e. The minimum Gasteiger partial charge on any atom is -0.493 e. The molecule has 1 aromatic heterocycles. The van der Waals surface area contributed by atoms with E-state index >= 15 is 0 Å². The number of rotatable bonds is 6. The Morgan fingerprint density at radius 1 is 1.15 bits per heavy atom. The highest BCUT2D eigenvalue weighted by atomic mass is 16.7. The van der Waals surface area contributed by atoms with Gasteiger partial charge in [0.1, 0.15) is 5.75 Å². The van der Waals surface area contributed by atoms with Gasteiger partial charge in [0, 0.05) is 23.6 Å². The number of nitrogens with zero attached hydrogens (tertiary/aromatic N) is 1. The van der Waals surface area contributed by atoms with Gasteiger partial charge in [-0.25, -0.2) is 4.98 Å². The van der Waals surface area contributed by atoms with Gasteiger partial charge in [-0.15, -0.1) is 0 Å². The van der Waals surface area contributed by atoms with Crippen molar-refractivity contribution in [2.24, 2.45) is 28.6 Å². The fourth-order valence-corrected chi connectivity index (χ4v) is 7.75. The molecule has 5 heteroatoms. The molecular formula is C28H41NO4. The number of pyridine rings is 1. The molecule has 4 aliphatic rings. The lowest BCUT2D eigenvalue weighted by Gasteiger charge is -2.63. The topological polar surface area (TPSA) is 49.8 Å². The number of hydrogen-bond donors (Lipinski definition) is 0. The van der Waals surface area contributed by atoms with E-state index in [0.717, 1.165) is 31.6 Å². The van der Waals surface area contributed by atoms with Gasteiger partial charge in [-0.1, -0.05) is 38.8 Å². The zero-order valence-corrected chi connectivity index (χ0v) is 20.7. The molecule has 6 atom stereocenters. The van der Waals surface area contributed by atoms with E-state index in [4.69, 9.17) is 18.9 Å². The van der Waals surface area contributed by atoms with Crippen molar-refractivity contribution in [3.63, 3.8) is 0 Å². The van der Waals surface area contributed by atoms with E-state index in [1.807, 2.05) is 12.1 Å². The molecule has 1 aromatic rings. The summed E-state index contributed by atoms with van der Waals surface area (Å²) in [7, 11) is 1.63. The Kier molecular flexibility index (Phi) is 6.47.